The van der Waals surface area contributed by atoms with Gasteiger partial charge in [0.15, 0.2) is 11.5 Å². The number of nitro groups is 1. The lowest BCUT2D eigenvalue weighted by atomic mass is 10.00. The zero-order valence-corrected chi connectivity index (χ0v) is 13.5. The molecule has 0 unspecified atom stereocenters. The lowest BCUT2D eigenvalue weighted by Gasteiger charge is -2.29. The van der Waals surface area contributed by atoms with Crippen LogP contribution in [0.1, 0.15) is 25.5 Å². The summed E-state index contributed by atoms with van der Waals surface area (Å²) < 4.78 is 10.7. The number of benzene rings is 1. The first-order valence-electron chi connectivity index (χ1n) is 7.10. The highest BCUT2D eigenvalue weighted by Crippen LogP contribution is 2.35. The highest BCUT2D eigenvalue weighted by molar-refractivity contribution is 5.78. The number of rotatable bonds is 5. The van der Waals surface area contributed by atoms with Gasteiger partial charge in [-0.3, -0.25) is 15.0 Å². The van der Waals surface area contributed by atoms with Crippen LogP contribution in [0, 0.1) is 10.1 Å². The van der Waals surface area contributed by atoms with Gasteiger partial charge in [0.05, 0.1) is 24.3 Å². The van der Waals surface area contributed by atoms with Crippen LogP contribution in [0.25, 0.3) is 0 Å². The Balaban J connectivity index is 2.51. The van der Waals surface area contributed by atoms with Crippen LogP contribution in [-0.2, 0) is 0 Å². The van der Waals surface area contributed by atoms with Crippen LogP contribution in [-0.4, -0.2) is 36.6 Å². The number of urea groups is 1. The Labute approximate surface area is 133 Å². The lowest BCUT2D eigenvalue weighted by Crippen LogP contribution is -2.45. The fraction of sp³-hybridized carbons (Fsp3) is 0.400. The van der Waals surface area contributed by atoms with Crippen molar-refractivity contribution in [1.82, 2.24) is 10.2 Å². The van der Waals surface area contributed by atoms with Gasteiger partial charge in [-0.1, -0.05) is 6.07 Å². The third-order valence-electron chi connectivity index (χ3n) is 3.74. The second kappa shape index (κ2) is 6.55. The van der Waals surface area contributed by atoms with E-state index in [9.17, 15) is 14.9 Å². The normalized spacial score (nSPS) is 17.8. The average Bonchev–Trinajstić information content (AvgIpc) is 2.52. The van der Waals surface area contributed by atoms with Crippen LogP contribution in [0.2, 0.25) is 0 Å². The molecule has 2 rings (SSSR count). The first-order valence-corrected chi connectivity index (χ1v) is 7.10. The molecule has 1 N–H and O–H groups in total. The van der Waals surface area contributed by atoms with Crippen molar-refractivity contribution >= 4 is 6.03 Å². The second-order valence-corrected chi connectivity index (χ2v) is 5.01. The molecule has 0 aliphatic carbocycles. The number of hydrogen-bond acceptors (Lipinski definition) is 5. The highest BCUT2D eigenvalue weighted by Gasteiger charge is 2.38. The molecule has 0 radical (unpaired) electrons. The Hall–Kier alpha value is -2.77. The maximum Gasteiger partial charge on any atom is 0.322 e. The number of ether oxygens (including phenoxy) is 2. The summed E-state index contributed by atoms with van der Waals surface area (Å²) in [4.78, 5) is 24.2. The number of carbonyl (C=O) groups excluding carboxylic acids is 1. The fourth-order valence-corrected chi connectivity index (χ4v) is 2.44. The Morgan fingerprint density at radius 3 is 2.65 bits per heavy atom. The molecule has 0 spiro atoms. The van der Waals surface area contributed by atoms with Gasteiger partial charge in [-0.25, -0.2) is 4.79 Å². The van der Waals surface area contributed by atoms with Gasteiger partial charge in [0, 0.05) is 7.05 Å². The van der Waals surface area contributed by atoms with E-state index in [4.69, 9.17) is 9.47 Å². The number of methoxy groups -OCH3 is 1. The molecule has 0 fully saturated rings. The molecule has 8 heteroatoms. The number of carbonyl (C=O) groups is 1. The van der Waals surface area contributed by atoms with Crippen LogP contribution in [0.4, 0.5) is 4.79 Å². The van der Waals surface area contributed by atoms with Crippen LogP contribution in [0.3, 0.4) is 0 Å². The molecular formula is C15H19N3O5. The summed E-state index contributed by atoms with van der Waals surface area (Å²) in [6.45, 7) is 3.87. The van der Waals surface area contributed by atoms with Gasteiger partial charge in [-0.2, -0.15) is 0 Å². The molecule has 1 aliphatic rings. The van der Waals surface area contributed by atoms with Crippen LogP contribution in [0.15, 0.2) is 29.6 Å². The van der Waals surface area contributed by atoms with Gasteiger partial charge in [0.25, 0.3) is 5.70 Å². The molecule has 1 heterocycles. The topological polar surface area (TPSA) is 93.9 Å². The third kappa shape index (κ3) is 3.05. The molecule has 0 saturated carbocycles. The first kappa shape index (κ1) is 16.6. The number of nitrogens with zero attached hydrogens (tertiary/aromatic N) is 2. The molecule has 2 amide bonds. The molecule has 23 heavy (non-hydrogen) atoms. The zero-order chi connectivity index (χ0) is 17.1. The Kier molecular flexibility index (Phi) is 4.73. The molecule has 0 bridgehead atoms. The van der Waals surface area contributed by atoms with Crippen LogP contribution >= 0.6 is 0 Å². The predicted octanol–water partition coefficient (Wildman–Crippen LogP) is 2.30. The number of amides is 2. The number of hydrogen-bond donors (Lipinski definition) is 1. The minimum absolute atomic E-state index is 0.0710. The smallest absolute Gasteiger partial charge is 0.322 e. The van der Waals surface area contributed by atoms with Crippen molar-refractivity contribution in [1.29, 1.82) is 0 Å². The van der Waals surface area contributed by atoms with E-state index in [1.807, 2.05) is 6.92 Å². The molecule has 0 saturated heterocycles. The SMILES string of the molecule is CCOc1ccc([C@H]2NC(=O)N(C)C(C)=C2[N+](=O)[O-])cc1OC. The molecule has 1 aromatic rings. The van der Waals surface area contributed by atoms with Crippen LogP contribution in [0.5, 0.6) is 11.5 Å². The van der Waals surface area contributed by atoms with Crippen molar-refractivity contribution in [3.63, 3.8) is 0 Å². The minimum Gasteiger partial charge on any atom is -0.493 e. The molecule has 1 aromatic carbocycles. The van der Waals surface area contributed by atoms with Crippen molar-refractivity contribution in [2.45, 2.75) is 19.9 Å². The van der Waals surface area contributed by atoms with Gasteiger partial charge >= 0.3 is 6.03 Å². The largest absolute Gasteiger partial charge is 0.493 e. The van der Waals surface area contributed by atoms with Crippen molar-refractivity contribution in [2.75, 3.05) is 20.8 Å². The van der Waals surface area contributed by atoms with Crippen molar-refractivity contribution in [3.05, 3.63) is 45.3 Å². The predicted molar refractivity (Wildman–Crippen MR) is 82.9 cm³/mol. The number of allylic oxidation sites excluding steroid dienone is 1. The van der Waals surface area contributed by atoms with Gasteiger partial charge in [-0.15, -0.1) is 0 Å². The summed E-state index contributed by atoms with van der Waals surface area (Å²) in [5, 5.41) is 14.1. The highest BCUT2D eigenvalue weighted by atomic mass is 16.6. The van der Waals surface area contributed by atoms with Crippen LogP contribution < -0.4 is 14.8 Å². The fourth-order valence-electron chi connectivity index (χ4n) is 2.44. The van der Waals surface area contributed by atoms with Gasteiger partial charge in [0.2, 0.25) is 0 Å². The molecule has 0 aromatic heterocycles. The van der Waals surface area contributed by atoms with E-state index in [-0.39, 0.29) is 5.70 Å². The summed E-state index contributed by atoms with van der Waals surface area (Å²) in [5.41, 5.74) is 0.785. The van der Waals surface area contributed by atoms with E-state index < -0.39 is 17.0 Å². The van der Waals surface area contributed by atoms with Gasteiger partial charge in [-0.05, 0) is 31.5 Å². The van der Waals surface area contributed by atoms with Crippen molar-refractivity contribution < 1.29 is 19.2 Å². The van der Waals surface area contributed by atoms with E-state index in [1.165, 1.54) is 19.1 Å². The van der Waals surface area contributed by atoms with Crippen molar-refractivity contribution in [3.8, 4) is 11.5 Å². The van der Waals surface area contributed by atoms with E-state index in [2.05, 4.69) is 5.32 Å². The molecule has 8 nitrogen and oxygen atoms in total. The summed E-state index contributed by atoms with van der Waals surface area (Å²) in [5.74, 6) is 0.999. The van der Waals surface area contributed by atoms with Crippen molar-refractivity contribution in [2.24, 2.45) is 0 Å². The standard InChI is InChI=1S/C15H19N3O5/c1-5-23-11-7-6-10(8-12(11)22-4)13-14(18(20)21)9(2)17(3)15(19)16-13/h6-8,13H,5H2,1-4H3,(H,16,19)/t13-/m1/s1. The number of nitrogens with one attached hydrogen (secondary N) is 1. The van der Waals surface area contributed by atoms with Gasteiger partial charge in [0.1, 0.15) is 6.04 Å². The minimum atomic E-state index is -0.849. The third-order valence-corrected chi connectivity index (χ3v) is 3.74. The Morgan fingerprint density at radius 1 is 1.39 bits per heavy atom. The average molecular weight is 321 g/mol. The Bertz CT molecular complexity index is 671. The maximum atomic E-state index is 12.0. The molecular weight excluding hydrogens is 302 g/mol. The lowest BCUT2D eigenvalue weighted by molar-refractivity contribution is -0.433. The molecule has 124 valence electrons. The monoisotopic (exact) mass is 321 g/mol. The molecule has 1 atom stereocenters. The van der Waals surface area contributed by atoms with E-state index in [1.54, 1.807) is 25.1 Å². The molecule has 1 aliphatic heterocycles. The van der Waals surface area contributed by atoms with E-state index in [0.29, 0.717) is 29.4 Å². The zero-order valence-electron chi connectivity index (χ0n) is 13.5. The summed E-state index contributed by atoms with van der Waals surface area (Å²) in [6.07, 6.45) is 0. The maximum absolute atomic E-state index is 12.0. The van der Waals surface area contributed by atoms with E-state index >= 15 is 0 Å². The quantitative estimate of drug-likeness (QED) is 0.663. The van der Waals surface area contributed by atoms with Gasteiger partial charge < -0.3 is 14.8 Å². The Morgan fingerprint density at radius 2 is 2.09 bits per heavy atom. The summed E-state index contributed by atoms with van der Waals surface area (Å²) in [6, 6.07) is 3.75. The first-order chi connectivity index (χ1) is 10.9. The van der Waals surface area contributed by atoms with E-state index in [0.717, 1.165) is 0 Å². The second-order valence-electron chi connectivity index (χ2n) is 5.01. The summed E-state index contributed by atoms with van der Waals surface area (Å²) in [7, 11) is 2.98. The summed E-state index contributed by atoms with van der Waals surface area (Å²) >= 11 is 0.